The SMILES string of the molecule is COc1cc(S(=O)(=O)NC2CC(C)(C)NC(C)(C)C2)c(OC)cc1Br. The highest BCUT2D eigenvalue weighted by Crippen LogP contribution is 2.36. The van der Waals surface area contributed by atoms with Crippen molar-refractivity contribution < 1.29 is 17.9 Å². The average molecular weight is 435 g/mol. The molecule has 1 fully saturated rings. The van der Waals surface area contributed by atoms with E-state index in [1.54, 1.807) is 6.07 Å². The maximum atomic E-state index is 13.0. The molecule has 0 saturated carbocycles. The van der Waals surface area contributed by atoms with E-state index in [9.17, 15) is 8.42 Å². The van der Waals surface area contributed by atoms with Gasteiger partial charge in [0.05, 0.1) is 18.7 Å². The molecule has 0 aromatic heterocycles. The summed E-state index contributed by atoms with van der Waals surface area (Å²) in [5.41, 5.74) is -0.313. The van der Waals surface area contributed by atoms with Crippen LogP contribution in [0.4, 0.5) is 0 Å². The second-order valence-electron chi connectivity index (χ2n) is 7.76. The number of ether oxygens (including phenoxy) is 2. The number of benzene rings is 1. The molecule has 0 atom stereocenters. The molecule has 1 saturated heterocycles. The summed E-state index contributed by atoms with van der Waals surface area (Å²) in [6.45, 7) is 8.33. The normalized spacial score (nSPS) is 20.3. The molecule has 8 heteroatoms. The van der Waals surface area contributed by atoms with Crippen molar-refractivity contribution in [2.75, 3.05) is 14.2 Å². The number of halogens is 1. The van der Waals surface area contributed by atoms with E-state index in [1.165, 1.54) is 20.3 Å². The van der Waals surface area contributed by atoms with E-state index in [4.69, 9.17) is 9.47 Å². The third kappa shape index (κ3) is 4.87. The van der Waals surface area contributed by atoms with Crippen LogP contribution in [0.5, 0.6) is 11.5 Å². The Morgan fingerprint density at radius 3 is 2.08 bits per heavy atom. The molecule has 25 heavy (non-hydrogen) atoms. The predicted molar refractivity (Wildman–Crippen MR) is 102 cm³/mol. The maximum absolute atomic E-state index is 13.0. The molecule has 1 aromatic carbocycles. The van der Waals surface area contributed by atoms with E-state index in [1.807, 2.05) is 0 Å². The zero-order valence-electron chi connectivity index (χ0n) is 15.6. The van der Waals surface area contributed by atoms with Crippen molar-refractivity contribution in [2.24, 2.45) is 0 Å². The standard InChI is InChI=1S/C17H27BrN2O4S/c1-16(2)9-11(10-17(3,4)20-16)19-25(21,22)15-8-13(23-5)12(18)7-14(15)24-6/h7-8,11,19-20H,9-10H2,1-6H3. The van der Waals surface area contributed by atoms with Crippen molar-refractivity contribution >= 4 is 26.0 Å². The van der Waals surface area contributed by atoms with Crippen LogP contribution in [-0.2, 0) is 10.0 Å². The van der Waals surface area contributed by atoms with Gasteiger partial charge in [0.25, 0.3) is 0 Å². The van der Waals surface area contributed by atoms with Crippen molar-refractivity contribution in [3.63, 3.8) is 0 Å². The highest BCUT2D eigenvalue weighted by Gasteiger charge is 2.39. The molecule has 1 aliphatic rings. The number of rotatable bonds is 5. The molecule has 142 valence electrons. The highest BCUT2D eigenvalue weighted by molar-refractivity contribution is 9.10. The van der Waals surface area contributed by atoms with Crippen LogP contribution in [0.1, 0.15) is 40.5 Å². The lowest BCUT2D eigenvalue weighted by Gasteiger charge is -2.46. The first-order valence-corrected chi connectivity index (χ1v) is 10.4. The first-order chi connectivity index (χ1) is 11.4. The van der Waals surface area contributed by atoms with Gasteiger partial charge in [-0.15, -0.1) is 0 Å². The number of nitrogens with one attached hydrogen (secondary N) is 2. The van der Waals surface area contributed by atoms with Gasteiger partial charge < -0.3 is 14.8 Å². The number of piperidine rings is 1. The van der Waals surface area contributed by atoms with Crippen LogP contribution in [0, 0.1) is 0 Å². The predicted octanol–water partition coefficient (Wildman–Crippen LogP) is 3.05. The van der Waals surface area contributed by atoms with Gasteiger partial charge in [0, 0.05) is 23.2 Å². The second kappa shape index (κ2) is 7.06. The van der Waals surface area contributed by atoms with Crippen LogP contribution in [0.2, 0.25) is 0 Å². The van der Waals surface area contributed by atoms with Gasteiger partial charge in [0.2, 0.25) is 10.0 Å². The van der Waals surface area contributed by atoms with Crippen LogP contribution < -0.4 is 19.5 Å². The van der Waals surface area contributed by atoms with Crippen molar-refractivity contribution in [1.82, 2.24) is 10.0 Å². The number of hydrogen-bond donors (Lipinski definition) is 2. The molecule has 0 aliphatic carbocycles. The topological polar surface area (TPSA) is 76.7 Å². The summed E-state index contributed by atoms with van der Waals surface area (Å²) in [6.07, 6.45) is 1.40. The summed E-state index contributed by atoms with van der Waals surface area (Å²) in [4.78, 5) is 0.0733. The van der Waals surface area contributed by atoms with Crippen LogP contribution in [0.3, 0.4) is 0 Å². The third-order valence-electron chi connectivity index (χ3n) is 4.24. The minimum Gasteiger partial charge on any atom is -0.496 e. The van der Waals surface area contributed by atoms with Gasteiger partial charge in [-0.05, 0) is 62.5 Å². The Labute approximate surface area is 158 Å². The number of hydrogen-bond acceptors (Lipinski definition) is 5. The molecule has 0 radical (unpaired) electrons. The lowest BCUT2D eigenvalue weighted by Crippen LogP contribution is -2.62. The lowest BCUT2D eigenvalue weighted by atomic mass is 9.80. The fraction of sp³-hybridized carbons (Fsp3) is 0.647. The molecule has 2 rings (SSSR count). The summed E-state index contributed by atoms with van der Waals surface area (Å²) in [5.74, 6) is 0.708. The Kier molecular flexibility index (Phi) is 5.78. The summed E-state index contributed by atoms with van der Waals surface area (Å²) in [5, 5.41) is 3.55. The number of methoxy groups -OCH3 is 2. The molecule has 0 amide bonds. The van der Waals surface area contributed by atoms with Gasteiger partial charge in [0.15, 0.2) is 0 Å². The Morgan fingerprint density at radius 1 is 1.08 bits per heavy atom. The molecule has 0 bridgehead atoms. The summed E-state index contributed by atoms with van der Waals surface area (Å²) in [7, 11) is -0.813. The molecule has 0 spiro atoms. The van der Waals surface area contributed by atoms with E-state index >= 15 is 0 Å². The lowest BCUT2D eigenvalue weighted by molar-refractivity contribution is 0.157. The largest absolute Gasteiger partial charge is 0.496 e. The average Bonchev–Trinajstić information content (AvgIpc) is 2.42. The van der Waals surface area contributed by atoms with E-state index < -0.39 is 10.0 Å². The summed E-state index contributed by atoms with van der Waals surface area (Å²) < 4.78 is 40.0. The van der Waals surface area contributed by atoms with Gasteiger partial charge in [-0.25, -0.2) is 13.1 Å². The van der Waals surface area contributed by atoms with Crippen molar-refractivity contribution in [3.05, 3.63) is 16.6 Å². The van der Waals surface area contributed by atoms with Gasteiger partial charge in [-0.1, -0.05) is 0 Å². The van der Waals surface area contributed by atoms with Crippen LogP contribution in [-0.4, -0.2) is 39.8 Å². The molecular weight excluding hydrogens is 408 g/mol. The molecule has 1 heterocycles. The van der Waals surface area contributed by atoms with Gasteiger partial charge >= 0.3 is 0 Å². The first-order valence-electron chi connectivity index (χ1n) is 8.12. The summed E-state index contributed by atoms with van der Waals surface area (Å²) in [6, 6.07) is 2.90. The Hall–Kier alpha value is -0.830. The molecule has 6 nitrogen and oxygen atoms in total. The smallest absolute Gasteiger partial charge is 0.244 e. The van der Waals surface area contributed by atoms with Crippen molar-refractivity contribution in [2.45, 2.75) is 62.6 Å². The third-order valence-corrected chi connectivity index (χ3v) is 6.40. The van der Waals surface area contributed by atoms with E-state index in [2.05, 4.69) is 53.7 Å². The monoisotopic (exact) mass is 434 g/mol. The molecule has 2 N–H and O–H groups in total. The maximum Gasteiger partial charge on any atom is 0.244 e. The minimum atomic E-state index is -3.76. The van der Waals surface area contributed by atoms with Crippen LogP contribution in [0.15, 0.2) is 21.5 Å². The van der Waals surface area contributed by atoms with E-state index in [-0.39, 0.29) is 27.8 Å². The number of sulfonamides is 1. The minimum absolute atomic E-state index is 0.0733. The second-order valence-corrected chi connectivity index (χ2v) is 10.3. The zero-order chi connectivity index (χ0) is 19.0. The van der Waals surface area contributed by atoms with Crippen LogP contribution in [0.25, 0.3) is 0 Å². The summed E-state index contributed by atoms with van der Waals surface area (Å²) >= 11 is 3.35. The van der Waals surface area contributed by atoms with E-state index in [0.717, 1.165) is 0 Å². The molecule has 1 aliphatic heterocycles. The fourth-order valence-electron chi connectivity index (χ4n) is 3.73. The van der Waals surface area contributed by atoms with Crippen LogP contribution >= 0.6 is 15.9 Å². The fourth-order valence-corrected chi connectivity index (χ4v) is 5.62. The van der Waals surface area contributed by atoms with Gasteiger partial charge in [0.1, 0.15) is 16.4 Å². The van der Waals surface area contributed by atoms with E-state index in [0.29, 0.717) is 23.1 Å². The quantitative estimate of drug-likeness (QED) is 0.744. The highest BCUT2D eigenvalue weighted by atomic mass is 79.9. The van der Waals surface area contributed by atoms with Gasteiger partial charge in [-0.2, -0.15) is 0 Å². The molecule has 0 unspecified atom stereocenters. The molecular formula is C17H27BrN2O4S. The van der Waals surface area contributed by atoms with Crippen molar-refractivity contribution in [3.8, 4) is 11.5 Å². The zero-order valence-corrected chi connectivity index (χ0v) is 18.0. The Balaban J connectivity index is 2.36. The Bertz CT molecular complexity index is 731. The van der Waals surface area contributed by atoms with Crippen molar-refractivity contribution in [1.29, 1.82) is 0 Å². The first kappa shape index (κ1) is 20.5. The van der Waals surface area contributed by atoms with Gasteiger partial charge in [-0.3, -0.25) is 0 Å². The Morgan fingerprint density at radius 2 is 1.60 bits per heavy atom. The molecule has 1 aromatic rings.